The van der Waals surface area contributed by atoms with Gasteiger partial charge in [-0.1, -0.05) is 35.9 Å². The van der Waals surface area contributed by atoms with Crippen LogP contribution in [0.1, 0.15) is 11.1 Å². The second kappa shape index (κ2) is 8.45. The molecule has 0 bridgehead atoms. The van der Waals surface area contributed by atoms with Crippen LogP contribution in [0.3, 0.4) is 0 Å². The molecule has 0 unspecified atom stereocenters. The minimum atomic E-state index is -0.274. The highest BCUT2D eigenvalue weighted by Crippen LogP contribution is 2.13. The van der Waals surface area contributed by atoms with Crippen molar-refractivity contribution in [2.24, 2.45) is 0 Å². The lowest BCUT2D eigenvalue weighted by Crippen LogP contribution is -2.49. The number of nitrogens with zero attached hydrogens (tertiary/aromatic N) is 2. The summed E-state index contributed by atoms with van der Waals surface area (Å²) in [7, 11) is 0. The Kier molecular flexibility index (Phi) is 6.05. The molecule has 0 atom stereocenters. The number of rotatable bonds is 5. The topological polar surface area (TPSA) is 23.6 Å². The van der Waals surface area contributed by atoms with Crippen molar-refractivity contribution in [3.05, 3.63) is 70.5 Å². The Balaban J connectivity index is 1.43. The van der Waals surface area contributed by atoms with Crippen molar-refractivity contribution in [3.8, 4) is 0 Å². The first kappa shape index (κ1) is 17.9. The van der Waals surface area contributed by atoms with E-state index in [9.17, 15) is 9.18 Å². The first-order valence-electron chi connectivity index (χ1n) is 8.59. The molecule has 1 fully saturated rings. The van der Waals surface area contributed by atoms with Crippen molar-refractivity contribution in [1.29, 1.82) is 0 Å². The molecule has 3 nitrogen and oxygen atoms in total. The molecule has 0 aliphatic carbocycles. The van der Waals surface area contributed by atoms with E-state index in [1.54, 1.807) is 12.1 Å². The molecule has 1 aliphatic rings. The highest BCUT2D eigenvalue weighted by Gasteiger charge is 2.20. The van der Waals surface area contributed by atoms with Crippen molar-refractivity contribution in [3.63, 3.8) is 0 Å². The lowest BCUT2D eigenvalue weighted by molar-refractivity contribution is -0.132. The van der Waals surface area contributed by atoms with Crippen molar-refractivity contribution in [2.75, 3.05) is 32.7 Å². The summed E-state index contributed by atoms with van der Waals surface area (Å²) >= 11 is 6.02. The highest BCUT2D eigenvalue weighted by molar-refractivity contribution is 6.30. The van der Waals surface area contributed by atoms with Gasteiger partial charge in [-0.15, -0.1) is 0 Å². The normalized spacial score (nSPS) is 15.4. The van der Waals surface area contributed by atoms with Gasteiger partial charge in [0, 0.05) is 37.7 Å². The van der Waals surface area contributed by atoms with E-state index in [-0.39, 0.29) is 11.7 Å². The second-order valence-corrected chi connectivity index (χ2v) is 6.84. The molecule has 25 heavy (non-hydrogen) atoms. The molecule has 1 amide bonds. The van der Waals surface area contributed by atoms with E-state index in [0.717, 1.165) is 49.7 Å². The maximum Gasteiger partial charge on any atom is 0.227 e. The zero-order chi connectivity index (χ0) is 17.6. The number of carbonyl (C=O) groups excluding carboxylic acids is 1. The van der Waals surface area contributed by atoms with E-state index < -0.39 is 0 Å². The van der Waals surface area contributed by atoms with Crippen LogP contribution in [0.5, 0.6) is 0 Å². The largest absolute Gasteiger partial charge is 0.340 e. The van der Waals surface area contributed by atoms with Crippen LogP contribution in [0, 0.1) is 5.82 Å². The molecule has 1 aliphatic heterocycles. The standard InChI is InChI=1S/C20H22ClFN2O/c21-18-3-1-2-16(14-18)8-9-23-10-12-24(13-11-23)20(25)15-17-4-6-19(22)7-5-17/h1-7,14H,8-13,15H2. The van der Waals surface area contributed by atoms with Crippen molar-refractivity contribution in [2.45, 2.75) is 12.8 Å². The Morgan fingerprint density at radius 3 is 2.40 bits per heavy atom. The summed E-state index contributed by atoms with van der Waals surface area (Å²) in [6.07, 6.45) is 1.30. The molecule has 0 N–H and O–H groups in total. The van der Waals surface area contributed by atoms with E-state index in [1.165, 1.54) is 17.7 Å². The van der Waals surface area contributed by atoms with Gasteiger partial charge in [-0.3, -0.25) is 9.69 Å². The van der Waals surface area contributed by atoms with Crippen LogP contribution < -0.4 is 0 Å². The number of carbonyl (C=O) groups is 1. The second-order valence-electron chi connectivity index (χ2n) is 6.41. The Morgan fingerprint density at radius 1 is 1.00 bits per heavy atom. The van der Waals surface area contributed by atoms with E-state index in [1.807, 2.05) is 23.1 Å². The van der Waals surface area contributed by atoms with Gasteiger partial charge in [-0.05, 0) is 41.8 Å². The van der Waals surface area contributed by atoms with Gasteiger partial charge in [0.15, 0.2) is 0 Å². The highest BCUT2D eigenvalue weighted by atomic mass is 35.5. The number of halogens is 2. The van der Waals surface area contributed by atoms with Crippen molar-refractivity contribution < 1.29 is 9.18 Å². The molecule has 3 rings (SSSR count). The SMILES string of the molecule is O=C(Cc1ccc(F)cc1)N1CCN(CCc2cccc(Cl)c2)CC1. The average molecular weight is 361 g/mol. The summed E-state index contributed by atoms with van der Waals surface area (Å²) < 4.78 is 12.9. The number of hydrogen-bond donors (Lipinski definition) is 0. The van der Waals surface area contributed by atoms with E-state index in [2.05, 4.69) is 11.0 Å². The number of amides is 1. The van der Waals surface area contributed by atoms with Crippen molar-refractivity contribution in [1.82, 2.24) is 9.80 Å². The minimum Gasteiger partial charge on any atom is -0.340 e. The molecular formula is C20H22ClFN2O. The third-order valence-electron chi connectivity index (χ3n) is 4.60. The lowest BCUT2D eigenvalue weighted by atomic mass is 10.1. The molecule has 1 heterocycles. The summed E-state index contributed by atoms with van der Waals surface area (Å²) in [6, 6.07) is 14.1. The molecule has 1 saturated heterocycles. The molecule has 2 aromatic carbocycles. The van der Waals surface area contributed by atoms with Crippen LogP contribution in [0.2, 0.25) is 5.02 Å². The van der Waals surface area contributed by atoms with Gasteiger partial charge in [0.05, 0.1) is 6.42 Å². The molecule has 0 saturated carbocycles. The quantitative estimate of drug-likeness (QED) is 0.815. The third-order valence-corrected chi connectivity index (χ3v) is 4.83. The fraction of sp³-hybridized carbons (Fsp3) is 0.350. The van der Waals surface area contributed by atoms with Gasteiger partial charge < -0.3 is 4.90 Å². The molecule has 0 aromatic heterocycles. The van der Waals surface area contributed by atoms with E-state index in [0.29, 0.717) is 6.42 Å². The monoisotopic (exact) mass is 360 g/mol. The number of piperazine rings is 1. The van der Waals surface area contributed by atoms with Gasteiger partial charge in [-0.25, -0.2) is 4.39 Å². The molecule has 132 valence electrons. The summed E-state index contributed by atoms with van der Waals surface area (Å²) in [5.41, 5.74) is 2.09. The lowest BCUT2D eigenvalue weighted by Gasteiger charge is -2.34. The Morgan fingerprint density at radius 2 is 1.72 bits per heavy atom. The number of hydrogen-bond acceptors (Lipinski definition) is 2. The van der Waals surface area contributed by atoms with Gasteiger partial charge >= 0.3 is 0 Å². The summed E-state index contributed by atoms with van der Waals surface area (Å²) in [4.78, 5) is 16.7. The van der Waals surface area contributed by atoms with Crippen LogP contribution in [0.15, 0.2) is 48.5 Å². The van der Waals surface area contributed by atoms with Crippen LogP contribution in [0.4, 0.5) is 4.39 Å². The molecule has 2 aromatic rings. The van der Waals surface area contributed by atoms with Crippen LogP contribution in [-0.2, 0) is 17.6 Å². The zero-order valence-electron chi connectivity index (χ0n) is 14.1. The van der Waals surface area contributed by atoms with Gasteiger partial charge in [0.1, 0.15) is 5.82 Å². The minimum absolute atomic E-state index is 0.112. The van der Waals surface area contributed by atoms with Gasteiger partial charge in [-0.2, -0.15) is 0 Å². The number of benzene rings is 2. The fourth-order valence-electron chi connectivity index (χ4n) is 3.09. The molecule has 0 spiro atoms. The fourth-order valence-corrected chi connectivity index (χ4v) is 3.30. The summed E-state index contributed by atoms with van der Waals surface area (Å²) in [5, 5.41) is 0.772. The molecule has 5 heteroatoms. The first-order chi connectivity index (χ1) is 12.1. The predicted molar refractivity (Wildman–Crippen MR) is 98.3 cm³/mol. The third kappa shape index (κ3) is 5.28. The zero-order valence-corrected chi connectivity index (χ0v) is 14.9. The van der Waals surface area contributed by atoms with E-state index >= 15 is 0 Å². The van der Waals surface area contributed by atoms with E-state index in [4.69, 9.17) is 11.6 Å². The first-order valence-corrected chi connectivity index (χ1v) is 8.97. The van der Waals surface area contributed by atoms with Crippen LogP contribution >= 0.6 is 11.6 Å². The average Bonchev–Trinajstić information content (AvgIpc) is 2.62. The Labute approximate surface area is 153 Å². The predicted octanol–water partition coefficient (Wildman–Crippen LogP) is 3.41. The van der Waals surface area contributed by atoms with Crippen LogP contribution in [0.25, 0.3) is 0 Å². The maximum atomic E-state index is 12.9. The molecule has 0 radical (unpaired) electrons. The smallest absolute Gasteiger partial charge is 0.227 e. The summed E-state index contributed by atoms with van der Waals surface area (Å²) in [5.74, 6) is -0.161. The maximum absolute atomic E-state index is 12.9. The van der Waals surface area contributed by atoms with Gasteiger partial charge in [0.2, 0.25) is 5.91 Å². The summed E-state index contributed by atoms with van der Waals surface area (Å²) in [6.45, 7) is 4.23. The Bertz CT molecular complexity index is 712. The van der Waals surface area contributed by atoms with Gasteiger partial charge in [0.25, 0.3) is 0 Å². The van der Waals surface area contributed by atoms with Crippen LogP contribution in [-0.4, -0.2) is 48.4 Å². The molecular weight excluding hydrogens is 339 g/mol. The van der Waals surface area contributed by atoms with Crippen molar-refractivity contribution >= 4 is 17.5 Å². The Hall–Kier alpha value is -1.91.